The molecule has 1 aliphatic heterocycles. The summed E-state index contributed by atoms with van der Waals surface area (Å²) in [5.74, 6) is 0.609. The highest BCUT2D eigenvalue weighted by molar-refractivity contribution is 5.70. The molecule has 3 N–H and O–H groups in total. The first kappa shape index (κ1) is 18.7. The zero-order valence-corrected chi connectivity index (χ0v) is 15.8. The quantitative estimate of drug-likeness (QED) is 0.705. The largest absolute Gasteiger partial charge is 0.390 e. The Labute approximate surface area is 157 Å². The van der Waals surface area contributed by atoms with Crippen LogP contribution in [0, 0.1) is 5.92 Å². The Morgan fingerprint density at radius 2 is 2.27 bits per heavy atom. The van der Waals surface area contributed by atoms with Crippen molar-refractivity contribution < 1.29 is 4.79 Å². The van der Waals surface area contributed by atoms with E-state index in [-0.39, 0.29) is 6.04 Å². The van der Waals surface area contributed by atoms with Crippen LogP contribution in [-0.4, -0.2) is 30.3 Å². The van der Waals surface area contributed by atoms with Gasteiger partial charge in [0.25, 0.3) is 0 Å². The lowest BCUT2D eigenvalue weighted by molar-refractivity contribution is -0.108. The van der Waals surface area contributed by atoms with Crippen LogP contribution in [0.25, 0.3) is 5.70 Å². The molecule has 1 aliphatic carbocycles. The predicted octanol–water partition coefficient (Wildman–Crippen LogP) is 3.22. The van der Waals surface area contributed by atoms with Crippen LogP contribution < -0.4 is 11.1 Å². The van der Waals surface area contributed by atoms with Crippen LogP contribution in [0.5, 0.6) is 0 Å². The molecule has 2 unspecified atom stereocenters. The first-order valence-corrected chi connectivity index (χ1v) is 9.68. The van der Waals surface area contributed by atoms with Gasteiger partial charge in [-0.05, 0) is 42.7 Å². The lowest BCUT2D eigenvalue weighted by atomic mass is 9.93. The Hall–Kier alpha value is -2.07. The Morgan fingerprint density at radius 3 is 2.92 bits per heavy atom. The molecule has 1 aromatic carbocycles. The molecule has 0 aromatic heterocycles. The molecule has 2 aliphatic rings. The number of nitrogens with two attached hydrogens (primary N) is 1. The molecule has 4 heteroatoms. The van der Waals surface area contributed by atoms with Gasteiger partial charge in [0.2, 0.25) is 0 Å². The van der Waals surface area contributed by atoms with Crippen molar-refractivity contribution in [2.75, 3.05) is 7.05 Å². The van der Waals surface area contributed by atoms with E-state index in [1.807, 2.05) is 7.05 Å². The normalized spacial score (nSPS) is 23.0. The molecular formula is C22H31N3O. The van der Waals surface area contributed by atoms with Crippen molar-refractivity contribution in [3.05, 3.63) is 53.7 Å². The Balaban J connectivity index is 1.76. The number of nitrogens with one attached hydrogen (secondary N) is 1. The van der Waals surface area contributed by atoms with Crippen molar-refractivity contribution in [1.82, 2.24) is 10.2 Å². The van der Waals surface area contributed by atoms with Crippen LogP contribution in [0.3, 0.4) is 0 Å². The summed E-state index contributed by atoms with van der Waals surface area (Å²) in [7, 11) is 1.88. The Morgan fingerprint density at radius 1 is 1.46 bits per heavy atom. The summed E-state index contributed by atoms with van der Waals surface area (Å²) in [6, 6.07) is 7.18. The summed E-state index contributed by atoms with van der Waals surface area (Å²) in [4.78, 5) is 13.1. The van der Waals surface area contributed by atoms with E-state index >= 15 is 0 Å². The van der Waals surface area contributed by atoms with E-state index in [0.29, 0.717) is 18.4 Å². The summed E-state index contributed by atoms with van der Waals surface area (Å²) in [5.41, 5.74) is 12.1. The van der Waals surface area contributed by atoms with E-state index in [1.54, 1.807) is 0 Å². The maximum Gasteiger partial charge on any atom is 0.120 e. The summed E-state index contributed by atoms with van der Waals surface area (Å²) >= 11 is 0. The second-order valence-electron chi connectivity index (χ2n) is 7.66. The predicted molar refractivity (Wildman–Crippen MR) is 107 cm³/mol. The monoisotopic (exact) mass is 353 g/mol. The van der Waals surface area contributed by atoms with E-state index in [1.165, 1.54) is 29.5 Å². The average Bonchev–Trinajstić information content (AvgIpc) is 3.18. The van der Waals surface area contributed by atoms with Gasteiger partial charge in [-0.15, -0.1) is 0 Å². The number of hydrogen-bond acceptors (Lipinski definition) is 4. The number of hydrogen-bond donors (Lipinski definition) is 2. The van der Waals surface area contributed by atoms with Gasteiger partial charge in [-0.2, -0.15) is 0 Å². The second kappa shape index (κ2) is 8.09. The van der Waals surface area contributed by atoms with Crippen molar-refractivity contribution in [1.29, 1.82) is 0 Å². The molecule has 0 bridgehead atoms. The van der Waals surface area contributed by atoms with Gasteiger partial charge >= 0.3 is 0 Å². The highest BCUT2D eigenvalue weighted by atomic mass is 16.1. The van der Waals surface area contributed by atoms with Gasteiger partial charge < -0.3 is 20.7 Å². The topological polar surface area (TPSA) is 58.4 Å². The van der Waals surface area contributed by atoms with E-state index in [2.05, 4.69) is 41.6 Å². The van der Waals surface area contributed by atoms with E-state index in [0.717, 1.165) is 43.5 Å². The number of likely N-dealkylation sites (N-methyl/N-ethyl adjacent to an activating group) is 1. The summed E-state index contributed by atoms with van der Waals surface area (Å²) in [6.45, 7) is 9.28. The van der Waals surface area contributed by atoms with Crippen LogP contribution in [0.4, 0.5) is 0 Å². The molecule has 26 heavy (non-hydrogen) atoms. The molecule has 4 nitrogen and oxygen atoms in total. The molecule has 0 amide bonds. The smallest absolute Gasteiger partial charge is 0.120 e. The fourth-order valence-corrected chi connectivity index (χ4v) is 4.45. The summed E-state index contributed by atoms with van der Waals surface area (Å²) in [5, 5.41) is 3.16. The van der Waals surface area contributed by atoms with Gasteiger partial charge in [0.15, 0.2) is 0 Å². The molecule has 0 saturated heterocycles. The first-order chi connectivity index (χ1) is 12.5. The SMILES string of the molecule is C=C(NC)C(CCC=O)N1Cc2cc(C[C@H]3CCCC3N)ccc2C1=C. The molecule has 3 atom stereocenters. The summed E-state index contributed by atoms with van der Waals surface area (Å²) < 4.78 is 0. The molecule has 1 heterocycles. The minimum atomic E-state index is 0.0804. The molecule has 140 valence electrons. The van der Waals surface area contributed by atoms with Crippen molar-refractivity contribution in [3.8, 4) is 0 Å². The van der Waals surface area contributed by atoms with Gasteiger partial charge in [0, 0.05) is 43.0 Å². The zero-order valence-electron chi connectivity index (χ0n) is 15.8. The van der Waals surface area contributed by atoms with Crippen LogP contribution in [0.15, 0.2) is 37.1 Å². The fourth-order valence-electron chi connectivity index (χ4n) is 4.45. The minimum absolute atomic E-state index is 0.0804. The molecule has 1 fully saturated rings. The molecule has 0 radical (unpaired) electrons. The standard InChI is InChI=1S/C22H31N3O/c1-15(24-3)22(8-5-11-26)25-14-19-13-17(9-10-20(19)16(25)2)12-18-6-4-7-21(18)23/h9-11,13,18,21-22,24H,1-2,4-8,12,14,23H2,3H3/t18-,21?,22?/m1/s1. The molecular weight excluding hydrogens is 322 g/mol. The number of nitrogens with zero attached hydrogens (tertiary/aromatic N) is 1. The number of carbonyl (C=O) groups excluding carboxylic acids is 1. The van der Waals surface area contributed by atoms with Gasteiger partial charge in [-0.1, -0.05) is 37.8 Å². The van der Waals surface area contributed by atoms with Crippen molar-refractivity contribution in [2.24, 2.45) is 11.7 Å². The van der Waals surface area contributed by atoms with Crippen molar-refractivity contribution >= 4 is 12.0 Å². The number of carbonyl (C=O) groups is 1. The Kier molecular flexibility index (Phi) is 5.82. The van der Waals surface area contributed by atoms with Crippen LogP contribution >= 0.6 is 0 Å². The average molecular weight is 354 g/mol. The number of fused-ring (bicyclic) bond motifs is 1. The Bertz CT molecular complexity index is 697. The van der Waals surface area contributed by atoms with Gasteiger partial charge in [0.05, 0.1) is 6.04 Å². The molecule has 1 saturated carbocycles. The minimum Gasteiger partial charge on any atom is -0.390 e. The third-order valence-corrected chi connectivity index (χ3v) is 6.04. The number of aldehydes is 1. The molecule has 3 rings (SSSR count). The maximum absolute atomic E-state index is 10.9. The van der Waals surface area contributed by atoms with Crippen LogP contribution in [-0.2, 0) is 17.8 Å². The van der Waals surface area contributed by atoms with Crippen LogP contribution in [0.2, 0.25) is 0 Å². The fraction of sp³-hybridized carbons (Fsp3) is 0.500. The number of benzene rings is 1. The van der Waals surface area contributed by atoms with E-state index in [9.17, 15) is 4.79 Å². The maximum atomic E-state index is 10.9. The van der Waals surface area contributed by atoms with Gasteiger partial charge in [-0.25, -0.2) is 0 Å². The molecule has 1 aromatic rings. The third-order valence-electron chi connectivity index (χ3n) is 6.04. The van der Waals surface area contributed by atoms with Crippen molar-refractivity contribution in [3.63, 3.8) is 0 Å². The zero-order chi connectivity index (χ0) is 18.7. The van der Waals surface area contributed by atoms with Gasteiger partial charge in [-0.3, -0.25) is 0 Å². The van der Waals surface area contributed by atoms with Crippen LogP contribution in [0.1, 0.15) is 48.8 Å². The highest BCUT2D eigenvalue weighted by Gasteiger charge is 2.30. The molecule has 0 spiro atoms. The second-order valence-corrected chi connectivity index (χ2v) is 7.66. The lowest BCUT2D eigenvalue weighted by Gasteiger charge is -2.31. The lowest BCUT2D eigenvalue weighted by Crippen LogP contribution is -2.35. The van der Waals surface area contributed by atoms with Gasteiger partial charge in [0.1, 0.15) is 6.29 Å². The van der Waals surface area contributed by atoms with Crippen molar-refractivity contribution in [2.45, 2.75) is 57.2 Å². The van der Waals surface area contributed by atoms with E-state index < -0.39 is 0 Å². The number of rotatable bonds is 8. The third kappa shape index (κ3) is 3.70. The first-order valence-electron chi connectivity index (χ1n) is 9.68. The van der Waals surface area contributed by atoms with E-state index in [4.69, 9.17) is 5.73 Å². The highest BCUT2D eigenvalue weighted by Crippen LogP contribution is 2.37. The summed E-state index contributed by atoms with van der Waals surface area (Å²) in [6.07, 6.45) is 6.98.